The van der Waals surface area contributed by atoms with E-state index in [2.05, 4.69) is 15.3 Å². The van der Waals surface area contributed by atoms with Crippen LogP contribution in [0.3, 0.4) is 0 Å². The standard InChI is InChI=1S/C21H20F3N3O2/c1-28-19(29-2)13-25-18-12-17(15-9-6-10-16(11-15)21(22,23)24)26-20(27-18)14-7-4-3-5-8-14/h3-12,19H,13H2,1-2H3,(H,25,26,27). The van der Waals surface area contributed by atoms with Gasteiger partial charge in [-0.15, -0.1) is 0 Å². The summed E-state index contributed by atoms with van der Waals surface area (Å²) in [7, 11) is 3.03. The zero-order chi connectivity index (χ0) is 20.9. The molecule has 0 atom stereocenters. The van der Waals surface area contributed by atoms with Crippen LogP contribution in [-0.2, 0) is 15.7 Å². The van der Waals surface area contributed by atoms with Gasteiger partial charge in [-0.05, 0) is 12.1 Å². The molecule has 1 heterocycles. The highest BCUT2D eigenvalue weighted by Crippen LogP contribution is 2.32. The highest BCUT2D eigenvalue weighted by Gasteiger charge is 2.30. The molecule has 1 aromatic heterocycles. The summed E-state index contributed by atoms with van der Waals surface area (Å²) in [6, 6.07) is 15.9. The van der Waals surface area contributed by atoms with Crippen molar-refractivity contribution < 1.29 is 22.6 Å². The molecule has 0 amide bonds. The molecule has 0 fully saturated rings. The lowest BCUT2D eigenvalue weighted by Crippen LogP contribution is -2.24. The Morgan fingerprint density at radius 3 is 2.24 bits per heavy atom. The van der Waals surface area contributed by atoms with Crippen LogP contribution in [0.2, 0.25) is 0 Å². The Kier molecular flexibility index (Phi) is 6.46. The van der Waals surface area contributed by atoms with Crippen molar-refractivity contribution in [3.8, 4) is 22.6 Å². The summed E-state index contributed by atoms with van der Waals surface area (Å²) >= 11 is 0. The predicted molar refractivity (Wildman–Crippen MR) is 104 cm³/mol. The van der Waals surface area contributed by atoms with Crippen molar-refractivity contribution in [1.29, 1.82) is 0 Å². The van der Waals surface area contributed by atoms with Crippen molar-refractivity contribution in [3.05, 3.63) is 66.2 Å². The van der Waals surface area contributed by atoms with Crippen LogP contribution in [0.1, 0.15) is 5.56 Å². The van der Waals surface area contributed by atoms with Crippen molar-refractivity contribution in [2.45, 2.75) is 12.5 Å². The smallest absolute Gasteiger partial charge is 0.365 e. The SMILES string of the molecule is COC(CNc1cc(-c2cccc(C(F)(F)F)c2)nc(-c2ccccc2)n1)OC. The number of halogens is 3. The fourth-order valence-corrected chi connectivity index (χ4v) is 2.71. The largest absolute Gasteiger partial charge is 0.416 e. The molecular formula is C21H20F3N3O2. The molecular weight excluding hydrogens is 383 g/mol. The number of hydrogen-bond acceptors (Lipinski definition) is 5. The minimum Gasteiger partial charge on any atom is -0.365 e. The van der Waals surface area contributed by atoms with Gasteiger partial charge >= 0.3 is 6.18 Å². The predicted octanol–water partition coefficient (Wildman–Crippen LogP) is 4.86. The van der Waals surface area contributed by atoms with E-state index in [1.165, 1.54) is 20.3 Å². The van der Waals surface area contributed by atoms with Gasteiger partial charge in [-0.2, -0.15) is 13.2 Å². The summed E-state index contributed by atoms with van der Waals surface area (Å²) in [4.78, 5) is 8.97. The van der Waals surface area contributed by atoms with Gasteiger partial charge in [-0.25, -0.2) is 9.97 Å². The van der Waals surface area contributed by atoms with Crippen LogP contribution in [0.5, 0.6) is 0 Å². The highest BCUT2D eigenvalue weighted by molar-refractivity contribution is 5.68. The molecule has 152 valence electrons. The Morgan fingerprint density at radius 2 is 1.59 bits per heavy atom. The van der Waals surface area contributed by atoms with Crippen molar-refractivity contribution in [2.75, 3.05) is 26.1 Å². The Labute approximate surface area is 166 Å². The second-order valence-electron chi connectivity index (χ2n) is 6.19. The Balaban J connectivity index is 2.03. The van der Waals surface area contributed by atoms with Crippen LogP contribution in [0.15, 0.2) is 60.7 Å². The van der Waals surface area contributed by atoms with E-state index in [1.54, 1.807) is 12.1 Å². The van der Waals surface area contributed by atoms with E-state index in [0.29, 0.717) is 29.4 Å². The first-order chi connectivity index (χ1) is 13.9. The van der Waals surface area contributed by atoms with Gasteiger partial charge in [-0.1, -0.05) is 42.5 Å². The average Bonchev–Trinajstić information content (AvgIpc) is 2.74. The molecule has 29 heavy (non-hydrogen) atoms. The Morgan fingerprint density at radius 1 is 0.897 bits per heavy atom. The lowest BCUT2D eigenvalue weighted by molar-refractivity contribution is -0.137. The first-order valence-corrected chi connectivity index (χ1v) is 8.82. The number of methoxy groups -OCH3 is 2. The van der Waals surface area contributed by atoms with Gasteiger partial charge < -0.3 is 14.8 Å². The second-order valence-corrected chi connectivity index (χ2v) is 6.19. The van der Waals surface area contributed by atoms with Crippen LogP contribution in [0.25, 0.3) is 22.6 Å². The van der Waals surface area contributed by atoms with Gasteiger partial charge in [0.05, 0.1) is 17.8 Å². The molecule has 0 unspecified atom stereocenters. The van der Waals surface area contributed by atoms with Crippen LogP contribution >= 0.6 is 0 Å². The number of ether oxygens (including phenoxy) is 2. The number of anilines is 1. The van der Waals surface area contributed by atoms with Gasteiger partial charge in [-0.3, -0.25) is 0 Å². The number of rotatable bonds is 7. The summed E-state index contributed by atoms with van der Waals surface area (Å²) in [6.45, 7) is 0.306. The molecule has 8 heteroatoms. The highest BCUT2D eigenvalue weighted by atomic mass is 19.4. The van der Waals surface area contributed by atoms with E-state index in [9.17, 15) is 13.2 Å². The molecule has 0 saturated carbocycles. The molecule has 0 spiro atoms. The molecule has 0 aliphatic carbocycles. The molecule has 0 bridgehead atoms. The maximum Gasteiger partial charge on any atom is 0.416 e. The maximum absolute atomic E-state index is 13.1. The second kappa shape index (κ2) is 9.02. The molecule has 3 rings (SSSR count). The monoisotopic (exact) mass is 403 g/mol. The average molecular weight is 403 g/mol. The molecule has 1 N–H and O–H groups in total. The normalized spacial score (nSPS) is 11.7. The van der Waals surface area contributed by atoms with E-state index >= 15 is 0 Å². The topological polar surface area (TPSA) is 56.3 Å². The summed E-state index contributed by atoms with van der Waals surface area (Å²) in [5, 5.41) is 3.09. The number of hydrogen-bond donors (Lipinski definition) is 1. The molecule has 0 aliphatic rings. The van der Waals surface area contributed by atoms with E-state index in [0.717, 1.165) is 17.7 Å². The zero-order valence-electron chi connectivity index (χ0n) is 15.9. The lowest BCUT2D eigenvalue weighted by atomic mass is 10.1. The number of aromatic nitrogens is 2. The number of nitrogens with one attached hydrogen (secondary N) is 1. The minimum absolute atomic E-state index is 0.306. The molecule has 5 nitrogen and oxygen atoms in total. The lowest BCUT2D eigenvalue weighted by Gasteiger charge is -2.16. The molecule has 0 aliphatic heterocycles. The van der Waals surface area contributed by atoms with Crippen LogP contribution in [0, 0.1) is 0 Å². The fraction of sp³-hybridized carbons (Fsp3) is 0.238. The third-order valence-electron chi connectivity index (χ3n) is 4.22. The van der Waals surface area contributed by atoms with Crippen molar-refractivity contribution in [3.63, 3.8) is 0 Å². The van der Waals surface area contributed by atoms with Crippen molar-refractivity contribution >= 4 is 5.82 Å². The van der Waals surface area contributed by atoms with Gasteiger partial charge in [0.2, 0.25) is 0 Å². The van der Waals surface area contributed by atoms with Gasteiger partial charge in [0.15, 0.2) is 12.1 Å². The summed E-state index contributed by atoms with van der Waals surface area (Å²) in [6.07, 6.45) is -4.93. The Hall–Kier alpha value is -2.97. The molecule has 2 aromatic carbocycles. The van der Waals surface area contributed by atoms with E-state index in [1.807, 2.05) is 30.3 Å². The van der Waals surface area contributed by atoms with Crippen LogP contribution in [0.4, 0.5) is 19.0 Å². The Bertz CT molecular complexity index is 945. The minimum atomic E-state index is -4.43. The van der Waals surface area contributed by atoms with E-state index in [-0.39, 0.29) is 0 Å². The van der Waals surface area contributed by atoms with Crippen molar-refractivity contribution in [1.82, 2.24) is 9.97 Å². The van der Waals surface area contributed by atoms with Crippen LogP contribution in [-0.4, -0.2) is 37.0 Å². The maximum atomic E-state index is 13.1. The van der Waals surface area contributed by atoms with E-state index < -0.39 is 18.0 Å². The molecule has 0 radical (unpaired) electrons. The quantitative estimate of drug-likeness (QED) is 0.571. The first kappa shape index (κ1) is 20.8. The van der Waals surface area contributed by atoms with Crippen molar-refractivity contribution in [2.24, 2.45) is 0 Å². The van der Waals surface area contributed by atoms with Gasteiger partial charge in [0.25, 0.3) is 0 Å². The van der Waals surface area contributed by atoms with Crippen LogP contribution < -0.4 is 5.32 Å². The number of benzene rings is 2. The third kappa shape index (κ3) is 5.30. The number of nitrogens with zero attached hydrogens (tertiary/aromatic N) is 2. The van der Waals surface area contributed by atoms with E-state index in [4.69, 9.17) is 9.47 Å². The van der Waals surface area contributed by atoms with Gasteiger partial charge in [0, 0.05) is 31.4 Å². The summed E-state index contributed by atoms with van der Waals surface area (Å²) in [5.74, 6) is 0.847. The van der Waals surface area contributed by atoms with Gasteiger partial charge in [0.1, 0.15) is 5.82 Å². The molecule has 0 saturated heterocycles. The fourth-order valence-electron chi connectivity index (χ4n) is 2.71. The zero-order valence-corrected chi connectivity index (χ0v) is 15.9. The summed E-state index contributed by atoms with van der Waals surface area (Å²) in [5.41, 5.74) is 0.735. The first-order valence-electron chi connectivity index (χ1n) is 8.82. The molecule has 3 aromatic rings. The number of alkyl halides is 3. The third-order valence-corrected chi connectivity index (χ3v) is 4.22. The summed E-state index contributed by atoms with van der Waals surface area (Å²) < 4.78 is 49.7.